The lowest BCUT2D eigenvalue weighted by molar-refractivity contribution is -0.148. The van der Waals surface area contributed by atoms with Crippen molar-refractivity contribution in [2.45, 2.75) is 26.2 Å². The second kappa shape index (κ2) is 6.72. The number of amides is 1. The average molecular weight is 360 g/mol. The number of likely N-dealkylation sites (tertiary alicyclic amines) is 1. The Morgan fingerprint density at radius 2 is 2.30 bits per heavy atom. The van der Waals surface area contributed by atoms with Crippen LogP contribution in [0, 0.1) is 11.8 Å². The summed E-state index contributed by atoms with van der Waals surface area (Å²) in [4.78, 5) is 26.2. The first-order chi connectivity index (χ1) is 9.47. The molecule has 0 aliphatic carbocycles. The summed E-state index contributed by atoms with van der Waals surface area (Å²) in [6, 6.07) is 2.04. The van der Waals surface area contributed by atoms with Crippen LogP contribution in [0.4, 0.5) is 0 Å². The van der Waals surface area contributed by atoms with E-state index >= 15 is 0 Å². The number of thiophene rings is 1. The summed E-state index contributed by atoms with van der Waals surface area (Å²) in [5, 5.41) is 11.1. The molecule has 1 aliphatic rings. The molecule has 1 N–H and O–H groups in total. The Balaban J connectivity index is 1.83. The molecule has 1 amide bonds. The number of aryl methyl sites for hydroxylation is 1. The van der Waals surface area contributed by atoms with E-state index in [1.54, 1.807) is 11.3 Å². The second-order valence-corrected chi connectivity index (χ2v) is 7.19. The van der Waals surface area contributed by atoms with Crippen molar-refractivity contribution in [2.75, 3.05) is 13.1 Å². The third kappa shape index (κ3) is 3.82. The fraction of sp³-hybridized carbons (Fsp3) is 0.571. The Hall–Kier alpha value is -0.880. The van der Waals surface area contributed by atoms with Gasteiger partial charge in [-0.05, 0) is 40.8 Å². The molecule has 1 aromatic rings. The number of carbonyl (C=O) groups excluding carboxylic acids is 1. The number of nitrogens with zero attached hydrogens (tertiary/aromatic N) is 1. The minimum atomic E-state index is -0.743. The largest absolute Gasteiger partial charge is 0.481 e. The summed E-state index contributed by atoms with van der Waals surface area (Å²) < 4.78 is 1.06. The lowest BCUT2D eigenvalue weighted by Crippen LogP contribution is -2.45. The van der Waals surface area contributed by atoms with E-state index in [4.69, 9.17) is 5.11 Å². The first-order valence-electron chi connectivity index (χ1n) is 6.71. The molecule has 2 unspecified atom stereocenters. The maximum atomic E-state index is 12.2. The van der Waals surface area contributed by atoms with E-state index in [2.05, 4.69) is 15.9 Å². The van der Waals surface area contributed by atoms with Gasteiger partial charge in [0.05, 0.1) is 5.92 Å². The topological polar surface area (TPSA) is 57.6 Å². The molecular weight excluding hydrogens is 342 g/mol. The van der Waals surface area contributed by atoms with Crippen LogP contribution in [0.5, 0.6) is 0 Å². The molecule has 2 heterocycles. The van der Waals surface area contributed by atoms with Crippen LogP contribution in [0.3, 0.4) is 0 Å². The molecule has 1 fully saturated rings. The first kappa shape index (κ1) is 15.5. The molecular formula is C14H18BrNO3S. The van der Waals surface area contributed by atoms with Gasteiger partial charge in [-0.25, -0.2) is 0 Å². The van der Waals surface area contributed by atoms with E-state index in [1.807, 2.05) is 23.3 Å². The summed E-state index contributed by atoms with van der Waals surface area (Å²) in [5.41, 5.74) is 0. The normalized spacial score (nSPS) is 22.8. The third-order valence-corrected chi connectivity index (χ3v) is 5.54. The van der Waals surface area contributed by atoms with Crippen LogP contribution in [0.2, 0.25) is 0 Å². The number of carboxylic acids is 1. The fourth-order valence-corrected chi connectivity index (χ4v) is 4.07. The molecule has 0 aromatic carbocycles. The molecule has 1 aromatic heterocycles. The first-order valence-corrected chi connectivity index (χ1v) is 8.38. The van der Waals surface area contributed by atoms with Crippen LogP contribution in [-0.4, -0.2) is 35.0 Å². The predicted octanol–water partition coefficient (Wildman–Crippen LogP) is 3.01. The summed E-state index contributed by atoms with van der Waals surface area (Å²) in [6.45, 7) is 3.03. The molecule has 2 atom stereocenters. The van der Waals surface area contributed by atoms with E-state index in [9.17, 15) is 9.59 Å². The lowest BCUT2D eigenvalue weighted by atomic mass is 9.87. The Morgan fingerprint density at radius 3 is 2.85 bits per heavy atom. The molecule has 2 rings (SSSR count). The van der Waals surface area contributed by atoms with Crippen molar-refractivity contribution in [1.82, 2.24) is 4.90 Å². The van der Waals surface area contributed by atoms with Gasteiger partial charge in [0.2, 0.25) is 5.91 Å². The number of hydrogen-bond acceptors (Lipinski definition) is 3. The van der Waals surface area contributed by atoms with Crippen LogP contribution in [0.25, 0.3) is 0 Å². The van der Waals surface area contributed by atoms with Crippen molar-refractivity contribution < 1.29 is 14.7 Å². The number of hydrogen-bond donors (Lipinski definition) is 1. The Labute approximate surface area is 130 Å². The highest BCUT2D eigenvalue weighted by Gasteiger charge is 2.32. The van der Waals surface area contributed by atoms with E-state index < -0.39 is 5.97 Å². The van der Waals surface area contributed by atoms with Crippen LogP contribution < -0.4 is 0 Å². The fourth-order valence-electron chi connectivity index (χ4n) is 2.61. The van der Waals surface area contributed by atoms with Gasteiger partial charge in [0.1, 0.15) is 0 Å². The zero-order chi connectivity index (χ0) is 14.7. The highest BCUT2D eigenvalue weighted by molar-refractivity contribution is 9.10. The highest BCUT2D eigenvalue weighted by atomic mass is 79.9. The number of halogens is 1. The van der Waals surface area contributed by atoms with Gasteiger partial charge in [0, 0.05) is 34.2 Å². The maximum Gasteiger partial charge on any atom is 0.306 e. The molecule has 20 heavy (non-hydrogen) atoms. The third-order valence-electron chi connectivity index (χ3n) is 3.78. The predicted molar refractivity (Wildman–Crippen MR) is 81.8 cm³/mol. The number of rotatable bonds is 4. The molecule has 1 aliphatic heterocycles. The van der Waals surface area contributed by atoms with Crippen molar-refractivity contribution in [2.24, 2.45) is 11.8 Å². The van der Waals surface area contributed by atoms with Gasteiger partial charge in [0.25, 0.3) is 0 Å². The molecule has 1 saturated heterocycles. The molecule has 110 valence electrons. The monoisotopic (exact) mass is 359 g/mol. The van der Waals surface area contributed by atoms with Crippen molar-refractivity contribution in [3.8, 4) is 0 Å². The zero-order valence-electron chi connectivity index (χ0n) is 11.3. The summed E-state index contributed by atoms with van der Waals surface area (Å²) in [5.74, 6) is -0.897. The number of carbonyl (C=O) groups is 2. The van der Waals surface area contributed by atoms with Crippen LogP contribution in [0.1, 0.15) is 24.6 Å². The summed E-state index contributed by atoms with van der Waals surface area (Å²) >= 11 is 5.05. The maximum absolute atomic E-state index is 12.2. The van der Waals surface area contributed by atoms with Gasteiger partial charge in [-0.2, -0.15) is 0 Å². The van der Waals surface area contributed by atoms with E-state index in [-0.39, 0.29) is 17.7 Å². The Morgan fingerprint density at radius 1 is 1.55 bits per heavy atom. The minimum Gasteiger partial charge on any atom is -0.481 e. The second-order valence-electron chi connectivity index (χ2n) is 5.28. The van der Waals surface area contributed by atoms with Gasteiger partial charge in [-0.1, -0.05) is 6.92 Å². The van der Waals surface area contributed by atoms with Gasteiger partial charge >= 0.3 is 5.97 Å². The minimum absolute atomic E-state index is 0.0288. The summed E-state index contributed by atoms with van der Waals surface area (Å²) in [7, 11) is 0. The lowest BCUT2D eigenvalue weighted by Gasteiger charge is -2.35. The smallest absolute Gasteiger partial charge is 0.306 e. The zero-order valence-corrected chi connectivity index (χ0v) is 13.7. The van der Waals surface area contributed by atoms with Crippen molar-refractivity contribution in [3.05, 3.63) is 20.8 Å². The molecule has 4 nitrogen and oxygen atoms in total. The molecule has 0 spiro atoms. The van der Waals surface area contributed by atoms with Crippen LogP contribution >= 0.6 is 27.3 Å². The quantitative estimate of drug-likeness (QED) is 0.898. The Kier molecular flexibility index (Phi) is 5.21. The number of piperidine rings is 1. The Bertz CT molecular complexity index is 502. The SMILES string of the molecule is CC1CN(C(=O)CCc2cc(Br)cs2)CCC1C(=O)O. The molecule has 6 heteroatoms. The van der Waals surface area contributed by atoms with Crippen LogP contribution in [0.15, 0.2) is 15.9 Å². The standard InChI is InChI=1S/C14H18BrNO3S/c1-9-7-16(5-4-12(9)14(18)19)13(17)3-2-11-6-10(15)8-20-11/h6,8-9,12H,2-5,7H2,1H3,(H,18,19). The van der Waals surface area contributed by atoms with E-state index in [0.717, 1.165) is 10.9 Å². The average Bonchev–Trinajstić information content (AvgIpc) is 2.81. The van der Waals surface area contributed by atoms with Crippen molar-refractivity contribution >= 4 is 39.1 Å². The van der Waals surface area contributed by atoms with Crippen molar-refractivity contribution in [3.63, 3.8) is 0 Å². The van der Waals surface area contributed by atoms with E-state index in [1.165, 1.54) is 4.88 Å². The van der Waals surface area contributed by atoms with Gasteiger partial charge in [0.15, 0.2) is 0 Å². The number of carboxylic acid groups (broad SMARTS) is 1. The molecule has 0 radical (unpaired) electrons. The molecule has 0 saturated carbocycles. The van der Waals surface area contributed by atoms with Crippen molar-refractivity contribution in [1.29, 1.82) is 0 Å². The highest BCUT2D eigenvalue weighted by Crippen LogP contribution is 2.25. The number of aliphatic carboxylic acids is 1. The van der Waals surface area contributed by atoms with Gasteiger partial charge in [-0.3, -0.25) is 9.59 Å². The van der Waals surface area contributed by atoms with Gasteiger partial charge in [-0.15, -0.1) is 11.3 Å². The van der Waals surface area contributed by atoms with E-state index in [0.29, 0.717) is 25.9 Å². The molecule has 0 bridgehead atoms. The van der Waals surface area contributed by atoms with Crippen LogP contribution in [-0.2, 0) is 16.0 Å². The summed E-state index contributed by atoms with van der Waals surface area (Å²) in [6.07, 6.45) is 1.81. The van der Waals surface area contributed by atoms with Gasteiger partial charge < -0.3 is 10.0 Å².